The van der Waals surface area contributed by atoms with E-state index < -0.39 is 21.8 Å². The SMILES string of the molecule is COC(=O)c1c(NS(=O)(=O)c2ccc(F)cc2Br)ccc2c1N(C(C)=O)C[C@H]1OCCC21. The molecular formula is C21H20BrFN2O6S. The molecule has 2 heterocycles. The number of esters is 1. The third-order valence-corrected chi connectivity index (χ3v) is 7.99. The standard InChI is InChI=1S/C21H20BrFN2O6S/c1-11(26)25-10-17-13(7-8-31-17)14-4-5-16(19(20(14)25)21(27)30-2)24-32(28,29)18-6-3-12(23)9-15(18)22/h3-6,9,13,17,24H,7-8,10H2,1-2H3/t13?,17-/m1/s1. The lowest BCUT2D eigenvalue weighted by Gasteiger charge is -2.37. The molecule has 2 aliphatic heterocycles. The van der Waals surface area contributed by atoms with Gasteiger partial charge in [0.15, 0.2) is 0 Å². The first kappa shape index (κ1) is 22.7. The number of nitrogens with one attached hydrogen (secondary N) is 1. The van der Waals surface area contributed by atoms with Crippen LogP contribution < -0.4 is 9.62 Å². The molecule has 1 fully saturated rings. The van der Waals surface area contributed by atoms with E-state index in [9.17, 15) is 22.4 Å². The Balaban J connectivity index is 1.88. The number of halogens is 2. The van der Waals surface area contributed by atoms with E-state index in [1.165, 1.54) is 25.0 Å². The molecule has 2 aliphatic rings. The zero-order valence-corrected chi connectivity index (χ0v) is 19.6. The van der Waals surface area contributed by atoms with E-state index in [2.05, 4.69) is 20.7 Å². The summed E-state index contributed by atoms with van der Waals surface area (Å²) in [5, 5.41) is 0. The van der Waals surface area contributed by atoms with Crippen molar-refractivity contribution in [2.24, 2.45) is 0 Å². The van der Waals surface area contributed by atoms with Crippen LogP contribution in [-0.4, -0.2) is 46.7 Å². The fourth-order valence-corrected chi connectivity index (χ4v) is 6.35. The maximum absolute atomic E-state index is 13.4. The summed E-state index contributed by atoms with van der Waals surface area (Å²) in [5.41, 5.74) is 0.928. The van der Waals surface area contributed by atoms with Gasteiger partial charge in [-0.2, -0.15) is 0 Å². The van der Waals surface area contributed by atoms with Crippen LogP contribution in [0.5, 0.6) is 0 Å². The molecule has 2 atom stereocenters. The summed E-state index contributed by atoms with van der Waals surface area (Å²) < 4.78 is 52.7. The van der Waals surface area contributed by atoms with Crippen LogP contribution in [0.25, 0.3) is 0 Å². The highest BCUT2D eigenvalue weighted by Gasteiger charge is 2.42. The van der Waals surface area contributed by atoms with E-state index in [0.717, 1.165) is 30.2 Å². The topological polar surface area (TPSA) is 102 Å². The van der Waals surface area contributed by atoms with Crippen LogP contribution in [0.2, 0.25) is 0 Å². The predicted octanol–water partition coefficient (Wildman–Crippen LogP) is 3.41. The van der Waals surface area contributed by atoms with Gasteiger partial charge in [-0.25, -0.2) is 17.6 Å². The minimum Gasteiger partial charge on any atom is -0.465 e. The third kappa shape index (κ3) is 3.89. The minimum absolute atomic E-state index is 0.0267. The molecule has 0 saturated carbocycles. The summed E-state index contributed by atoms with van der Waals surface area (Å²) in [6.07, 6.45) is 0.520. The zero-order valence-electron chi connectivity index (χ0n) is 17.2. The molecule has 0 radical (unpaired) electrons. The van der Waals surface area contributed by atoms with Crippen LogP contribution in [0.15, 0.2) is 39.7 Å². The number of methoxy groups -OCH3 is 1. The van der Waals surface area contributed by atoms with Crippen molar-refractivity contribution in [1.29, 1.82) is 0 Å². The number of benzene rings is 2. The second-order valence-corrected chi connectivity index (χ2v) is 10.0. The maximum atomic E-state index is 13.4. The van der Waals surface area contributed by atoms with Crippen molar-refractivity contribution in [2.45, 2.75) is 30.3 Å². The summed E-state index contributed by atoms with van der Waals surface area (Å²) in [5.74, 6) is -1.74. The van der Waals surface area contributed by atoms with Crippen molar-refractivity contribution in [2.75, 3.05) is 29.9 Å². The molecule has 1 unspecified atom stereocenters. The summed E-state index contributed by atoms with van der Waals surface area (Å²) in [6, 6.07) is 6.33. The van der Waals surface area contributed by atoms with Crippen LogP contribution in [0.3, 0.4) is 0 Å². The van der Waals surface area contributed by atoms with Crippen molar-refractivity contribution in [1.82, 2.24) is 0 Å². The number of nitrogens with zero attached hydrogens (tertiary/aromatic N) is 1. The van der Waals surface area contributed by atoms with Crippen LogP contribution in [0.1, 0.15) is 35.2 Å². The fraction of sp³-hybridized carbons (Fsp3) is 0.333. The molecule has 0 aromatic heterocycles. The summed E-state index contributed by atoms with van der Waals surface area (Å²) >= 11 is 3.06. The Labute approximate surface area is 192 Å². The summed E-state index contributed by atoms with van der Waals surface area (Å²) in [7, 11) is -3.03. The number of rotatable bonds is 4. The van der Waals surface area contributed by atoms with E-state index in [4.69, 9.17) is 9.47 Å². The first-order chi connectivity index (χ1) is 15.1. The molecule has 32 heavy (non-hydrogen) atoms. The largest absolute Gasteiger partial charge is 0.465 e. The highest BCUT2D eigenvalue weighted by Crippen LogP contribution is 2.46. The molecule has 2 aromatic rings. The molecule has 1 N–H and O–H groups in total. The number of carbonyl (C=O) groups excluding carboxylic acids is 2. The van der Waals surface area contributed by atoms with Gasteiger partial charge in [-0.3, -0.25) is 9.52 Å². The zero-order chi connectivity index (χ0) is 23.2. The van der Waals surface area contributed by atoms with Gasteiger partial charge in [0.1, 0.15) is 16.3 Å². The number of anilines is 2. The van der Waals surface area contributed by atoms with Crippen LogP contribution in [0, 0.1) is 5.82 Å². The van der Waals surface area contributed by atoms with Gasteiger partial charge in [0.2, 0.25) is 5.91 Å². The number of hydrogen-bond acceptors (Lipinski definition) is 6. The number of amides is 1. The molecule has 170 valence electrons. The first-order valence-corrected chi connectivity index (χ1v) is 12.0. The molecule has 0 aliphatic carbocycles. The maximum Gasteiger partial charge on any atom is 0.342 e. The van der Waals surface area contributed by atoms with Crippen molar-refractivity contribution < 1.29 is 31.9 Å². The second-order valence-electron chi connectivity index (χ2n) is 7.53. The monoisotopic (exact) mass is 526 g/mol. The Hall–Kier alpha value is -2.50. The number of ether oxygens (including phenoxy) is 2. The van der Waals surface area contributed by atoms with Crippen molar-refractivity contribution in [3.8, 4) is 0 Å². The average Bonchev–Trinajstić information content (AvgIpc) is 3.20. The van der Waals surface area contributed by atoms with Crippen LogP contribution >= 0.6 is 15.9 Å². The smallest absolute Gasteiger partial charge is 0.342 e. The molecule has 11 heteroatoms. The van der Waals surface area contributed by atoms with E-state index in [1.54, 1.807) is 6.07 Å². The molecule has 0 spiro atoms. The lowest BCUT2D eigenvalue weighted by Crippen LogP contribution is -2.43. The van der Waals surface area contributed by atoms with Crippen molar-refractivity contribution in [3.63, 3.8) is 0 Å². The van der Waals surface area contributed by atoms with E-state index in [-0.39, 0.29) is 45.1 Å². The number of hydrogen-bond donors (Lipinski definition) is 1. The Morgan fingerprint density at radius 2 is 2.03 bits per heavy atom. The molecule has 0 bridgehead atoms. The highest BCUT2D eigenvalue weighted by molar-refractivity contribution is 9.10. The number of fused-ring (bicyclic) bond motifs is 3. The molecule has 1 amide bonds. The van der Waals surface area contributed by atoms with Gasteiger partial charge in [0.05, 0.1) is 31.1 Å². The minimum atomic E-state index is -4.21. The summed E-state index contributed by atoms with van der Waals surface area (Å²) in [6.45, 7) is 2.14. The second kappa shape index (κ2) is 8.45. The molecular weight excluding hydrogens is 507 g/mol. The Morgan fingerprint density at radius 3 is 2.69 bits per heavy atom. The van der Waals surface area contributed by atoms with Gasteiger partial charge in [-0.1, -0.05) is 6.07 Å². The average molecular weight is 527 g/mol. The number of carbonyl (C=O) groups is 2. The molecule has 8 nitrogen and oxygen atoms in total. The fourth-order valence-electron chi connectivity index (χ4n) is 4.23. The third-order valence-electron chi connectivity index (χ3n) is 5.65. The lowest BCUT2D eigenvalue weighted by atomic mass is 9.85. The van der Waals surface area contributed by atoms with Gasteiger partial charge in [0.25, 0.3) is 10.0 Å². The van der Waals surface area contributed by atoms with Gasteiger partial charge >= 0.3 is 5.97 Å². The van der Waals surface area contributed by atoms with Crippen molar-refractivity contribution in [3.05, 3.63) is 51.7 Å². The Bertz CT molecular complexity index is 1220. The lowest BCUT2D eigenvalue weighted by molar-refractivity contribution is -0.117. The Morgan fingerprint density at radius 1 is 1.28 bits per heavy atom. The first-order valence-electron chi connectivity index (χ1n) is 9.77. The van der Waals surface area contributed by atoms with Gasteiger partial charge in [0, 0.05) is 23.9 Å². The van der Waals surface area contributed by atoms with Gasteiger partial charge < -0.3 is 14.4 Å². The highest BCUT2D eigenvalue weighted by atomic mass is 79.9. The summed E-state index contributed by atoms with van der Waals surface area (Å²) in [4.78, 5) is 26.5. The van der Waals surface area contributed by atoms with E-state index in [0.29, 0.717) is 12.3 Å². The molecule has 4 rings (SSSR count). The normalized spacial score (nSPS) is 19.8. The van der Waals surface area contributed by atoms with Crippen LogP contribution in [0.4, 0.5) is 15.8 Å². The van der Waals surface area contributed by atoms with Gasteiger partial charge in [-0.05, 0) is 52.2 Å². The van der Waals surface area contributed by atoms with E-state index >= 15 is 0 Å². The molecule has 1 saturated heterocycles. The van der Waals surface area contributed by atoms with Crippen molar-refractivity contribution >= 4 is 49.2 Å². The molecule has 2 aromatic carbocycles. The van der Waals surface area contributed by atoms with Crippen LogP contribution in [-0.2, 0) is 24.3 Å². The predicted molar refractivity (Wildman–Crippen MR) is 118 cm³/mol. The Kier molecular flexibility index (Phi) is 5.99. The van der Waals surface area contributed by atoms with Gasteiger partial charge in [-0.15, -0.1) is 0 Å². The quantitative estimate of drug-likeness (QED) is 0.612. The number of sulfonamides is 1. The van der Waals surface area contributed by atoms with E-state index in [1.807, 2.05) is 0 Å².